The second-order valence-electron chi connectivity index (χ2n) is 3.07. The van der Waals surface area contributed by atoms with Gasteiger partial charge >= 0.3 is 0 Å². The summed E-state index contributed by atoms with van der Waals surface area (Å²) in [7, 11) is 0. The van der Waals surface area contributed by atoms with Crippen molar-refractivity contribution < 1.29 is 4.79 Å². The minimum atomic E-state index is 0.0747. The topological polar surface area (TPSA) is 29.1 Å². The fourth-order valence-corrected chi connectivity index (χ4v) is 1.85. The molecule has 0 aliphatic heterocycles. The van der Waals surface area contributed by atoms with Crippen LogP contribution in [0, 0.1) is 5.92 Å². The molecule has 3 heteroatoms. The van der Waals surface area contributed by atoms with Crippen molar-refractivity contribution in [3.63, 3.8) is 0 Å². The standard InChI is InChI=1S/C9H18BrNO/c1-3-4-9(5-6-10)7-11-8(2)12/h9H,3-7H2,1-2H3,(H,11,12). The van der Waals surface area contributed by atoms with E-state index >= 15 is 0 Å². The van der Waals surface area contributed by atoms with E-state index < -0.39 is 0 Å². The average Bonchev–Trinajstić information content (AvgIpc) is 2.01. The molecule has 0 aromatic carbocycles. The normalized spacial score (nSPS) is 12.6. The van der Waals surface area contributed by atoms with Gasteiger partial charge in [0.2, 0.25) is 5.91 Å². The summed E-state index contributed by atoms with van der Waals surface area (Å²) in [4.78, 5) is 10.6. The van der Waals surface area contributed by atoms with Crippen molar-refractivity contribution in [1.82, 2.24) is 5.32 Å². The van der Waals surface area contributed by atoms with E-state index in [2.05, 4.69) is 28.2 Å². The fraction of sp³-hybridized carbons (Fsp3) is 0.889. The fourth-order valence-electron chi connectivity index (χ4n) is 1.20. The summed E-state index contributed by atoms with van der Waals surface area (Å²) in [6.07, 6.45) is 3.54. The molecule has 0 saturated carbocycles. The van der Waals surface area contributed by atoms with E-state index in [4.69, 9.17) is 0 Å². The number of alkyl halides is 1. The van der Waals surface area contributed by atoms with Crippen LogP contribution >= 0.6 is 15.9 Å². The van der Waals surface area contributed by atoms with Crippen LogP contribution < -0.4 is 5.32 Å². The molecular formula is C9H18BrNO. The van der Waals surface area contributed by atoms with E-state index in [-0.39, 0.29) is 5.91 Å². The van der Waals surface area contributed by atoms with Gasteiger partial charge < -0.3 is 5.32 Å². The van der Waals surface area contributed by atoms with Crippen molar-refractivity contribution in [2.45, 2.75) is 33.1 Å². The first-order chi connectivity index (χ1) is 5.70. The molecular weight excluding hydrogens is 218 g/mol. The molecule has 0 spiro atoms. The predicted molar refractivity (Wildman–Crippen MR) is 55.5 cm³/mol. The van der Waals surface area contributed by atoms with Crippen molar-refractivity contribution >= 4 is 21.8 Å². The van der Waals surface area contributed by atoms with Crippen LogP contribution in [0.4, 0.5) is 0 Å². The van der Waals surface area contributed by atoms with Gasteiger partial charge in [-0.15, -0.1) is 0 Å². The van der Waals surface area contributed by atoms with Gasteiger partial charge in [0.1, 0.15) is 0 Å². The van der Waals surface area contributed by atoms with Crippen LogP contribution in [-0.2, 0) is 4.79 Å². The maximum Gasteiger partial charge on any atom is 0.216 e. The lowest BCUT2D eigenvalue weighted by Gasteiger charge is -2.14. The minimum absolute atomic E-state index is 0.0747. The molecule has 1 unspecified atom stereocenters. The summed E-state index contributed by atoms with van der Waals surface area (Å²) in [5.74, 6) is 0.712. The average molecular weight is 236 g/mol. The number of nitrogens with one attached hydrogen (secondary N) is 1. The molecule has 0 aliphatic rings. The second kappa shape index (κ2) is 7.59. The molecule has 0 fully saturated rings. The molecule has 0 rings (SSSR count). The third kappa shape index (κ3) is 6.65. The number of amides is 1. The van der Waals surface area contributed by atoms with Gasteiger partial charge in [-0.2, -0.15) is 0 Å². The molecule has 72 valence electrons. The highest BCUT2D eigenvalue weighted by atomic mass is 79.9. The summed E-state index contributed by atoms with van der Waals surface area (Å²) < 4.78 is 0. The second-order valence-corrected chi connectivity index (χ2v) is 3.86. The van der Waals surface area contributed by atoms with Gasteiger partial charge in [-0.1, -0.05) is 29.3 Å². The minimum Gasteiger partial charge on any atom is -0.356 e. The summed E-state index contributed by atoms with van der Waals surface area (Å²) >= 11 is 3.41. The highest BCUT2D eigenvalue weighted by molar-refractivity contribution is 9.09. The van der Waals surface area contributed by atoms with Crippen LogP contribution in [0.3, 0.4) is 0 Å². The molecule has 1 N–H and O–H groups in total. The lowest BCUT2D eigenvalue weighted by Crippen LogP contribution is -2.27. The zero-order chi connectivity index (χ0) is 9.40. The number of carbonyl (C=O) groups excluding carboxylic acids is 1. The third-order valence-electron chi connectivity index (χ3n) is 1.85. The third-order valence-corrected chi connectivity index (χ3v) is 2.31. The quantitative estimate of drug-likeness (QED) is 0.704. The van der Waals surface area contributed by atoms with E-state index in [0.717, 1.165) is 18.3 Å². The molecule has 0 saturated heterocycles. The Kier molecular flexibility index (Phi) is 7.56. The van der Waals surface area contributed by atoms with E-state index in [1.807, 2.05) is 0 Å². The van der Waals surface area contributed by atoms with Gasteiger partial charge in [0.15, 0.2) is 0 Å². The molecule has 2 nitrogen and oxygen atoms in total. The van der Waals surface area contributed by atoms with Gasteiger partial charge in [0.05, 0.1) is 0 Å². The molecule has 0 radical (unpaired) electrons. The lowest BCUT2D eigenvalue weighted by atomic mass is 10.0. The van der Waals surface area contributed by atoms with Crippen LogP contribution in [0.25, 0.3) is 0 Å². The van der Waals surface area contributed by atoms with Crippen LogP contribution in [0.1, 0.15) is 33.1 Å². The molecule has 0 aromatic heterocycles. The van der Waals surface area contributed by atoms with Crippen LogP contribution in [0.15, 0.2) is 0 Å². The van der Waals surface area contributed by atoms with Gasteiger partial charge in [0.25, 0.3) is 0 Å². The molecule has 1 amide bonds. The van der Waals surface area contributed by atoms with Gasteiger partial charge in [-0.05, 0) is 18.8 Å². The first kappa shape index (κ1) is 11.9. The summed E-state index contributed by atoms with van der Waals surface area (Å²) in [6.45, 7) is 4.57. The molecule has 0 aliphatic carbocycles. The zero-order valence-electron chi connectivity index (χ0n) is 7.90. The van der Waals surface area contributed by atoms with Gasteiger partial charge in [0, 0.05) is 18.8 Å². The van der Waals surface area contributed by atoms with Gasteiger partial charge in [-0.3, -0.25) is 4.79 Å². The first-order valence-electron chi connectivity index (χ1n) is 4.51. The molecule has 12 heavy (non-hydrogen) atoms. The van der Waals surface area contributed by atoms with E-state index in [9.17, 15) is 4.79 Å². The predicted octanol–water partition coefficient (Wildman–Crippen LogP) is 2.32. The Balaban J connectivity index is 3.54. The van der Waals surface area contributed by atoms with Gasteiger partial charge in [-0.25, -0.2) is 0 Å². The SMILES string of the molecule is CCCC(CCBr)CNC(C)=O. The number of carbonyl (C=O) groups is 1. The van der Waals surface area contributed by atoms with Crippen LogP contribution in [-0.4, -0.2) is 17.8 Å². The Labute approximate surface area is 83.2 Å². The Bertz CT molecular complexity index is 122. The lowest BCUT2D eigenvalue weighted by molar-refractivity contribution is -0.119. The van der Waals surface area contributed by atoms with Crippen LogP contribution in [0.5, 0.6) is 0 Å². The molecule has 0 aromatic rings. The van der Waals surface area contributed by atoms with E-state index in [0.29, 0.717) is 5.92 Å². The highest BCUT2D eigenvalue weighted by Gasteiger charge is 2.06. The van der Waals surface area contributed by atoms with Crippen molar-refractivity contribution in [2.75, 3.05) is 11.9 Å². The number of hydrogen-bond donors (Lipinski definition) is 1. The summed E-state index contributed by atoms with van der Waals surface area (Å²) in [5.41, 5.74) is 0. The summed E-state index contributed by atoms with van der Waals surface area (Å²) in [6, 6.07) is 0. The Morgan fingerprint density at radius 1 is 1.50 bits per heavy atom. The maximum absolute atomic E-state index is 10.6. The van der Waals surface area contributed by atoms with Crippen molar-refractivity contribution in [2.24, 2.45) is 5.92 Å². The highest BCUT2D eigenvalue weighted by Crippen LogP contribution is 2.11. The van der Waals surface area contributed by atoms with Crippen molar-refractivity contribution in [3.05, 3.63) is 0 Å². The number of hydrogen-bond acceptors (Lipinski definition) is 1. The van der Waals surface area contributed by atoms with Crippen molar-refractivity contribution in [1.29, 1.82) is 0 Å². The smallest absolute Gasteiger partial charge is 0.216 e. The number of rotatable bonds is 6. The van der Waals surface area contributed by atoms with Crippen LogP contribution in [0.2, 0.25) is 0 Å². The van der Waals surface area contributed by atoms with E-state index in [1.54, 1.807) is 6.92 Å². The maximum atomic E-state index is 10.6. The summed E-state index contributed by atoms with van der Waals surface area (Å²) in [5, 5.41) is 3.88. The Morgan fingerprint density at radius 2 is 2.17 bits per heavy atom. The molecule has 0 heterocycles. The zero-order valence-corrected chi connectivity index (χ0v) is 9.49. The molecule has 0 bridgehead atoms. The molecule has 1 atom stereocenters. The van der Waals surface area contributed by atoms with Crippen molar-refractivity contribution in [3.8, 4) is 0 Å². The Hall–Kier alpha value is -0.0500. The largest absolute Gasteiger partial charge is 0.356 e. The Morgan fingerprint density at radius 3 is 2.58 bits per heavy atom. The van der Waals surface area contributed by atoms with E-state index in [1.165, 1.54) is 12.8 Å². The first-order valence-corrected chi connectivity index (χ1v) is 5.63. The number of halogens is 1. The monoisotopic (exact) mass is 235 g/mol.